The van der Waals surface area contributed by atoms with Crippen molar-refractivity contribution < 1.29 is 22.4 Å². The summed E-state index contributed by atoms with van der Waals surface area (Å²) in [6.07, 6.45) is 3.40. The van der Waals surface area contributed by atoms with E-state index in [4.69, 9.17) is 9.15 Å². The van der Waals surface area contributed by atoms with Crippen molar-refractivity contribution in [1.82, 2.24) is 10.0 Å². The Morgan fingerprint density at radius 1 is 1.14 bits per heavy atom. The topological polar surface area (TPSA) is 97.6 Å². The lowest BCUT2D eigenvalue weighted by atomic mass is 10.0. The van der Waals surface area contributed by atoms with Crippen molar-refractivity contribution in [3.63, 3.8) is 0 Å². The van der Waals surface area contributed by atoms with Crippen LogP contribution in [0.2, 0.25) is 0 Å². The summed E-state index contributed by atoms with van der Waals surface area (Å²) in [7, 11) is -2.33. The number of furan rings is 1. The molecule has 0 aliphatic carbocycles. The zero-order chi connectivity index (χ0) is 21.4. The average Bonchev–Trinajstić information content (AvgIpc) is 3.19. The SMILES string of the molecule is COc1ccc(S(=O)(=O)NC(CC(C)C)C(=O)NC(C)CCc2ccco2)cc1. The van der Waals surface area contributed by atoms with E-state index in [0.29, 0.717) is 25.0 Å². The smallest absolute Gasteiger partial charge is 0.241 e. The molecule has 160 valence electrons. The van der Waals surface area contributed by atoms with Gasteiger partial charge in [0.05, 0.1) is 18.3 Å². The fourth-order valence-corrected chi connectivity index (χ4v) is 4.13. The van der Waals surface area contributed by atoms with Crippen LogP contribution in [0.15, 0.2) is 52.0 Å². The highest BCUT2D eigenvalue weighted by atomic mass is 32.2. The van der Waals surface area contributed by atoms with Crippen LogP contribution >= 0.6 is 0 Å². The van der Waals surface area contributed by atoms with Crippen LogP contribution in [0.3, 0.4) is 0 Å². The van der Waals surface area contributed by atoms with Gasteiger partial charge in [0.2, 0.25) is 15.9 Å². The Labute approximate surface area is 172 Å². The molecule has 2 unspecified atom stereocenters. The number of ether oxygens (including phenoxy) is 1. The van der Waals surface area contributed by atoms with Crippen LogP contribution in [-0.2, 0) is 21.2 Å². The third-order valence-electron chi connectivity index (χ3n) is 4.48. The van der Waals surface area contributed by atoms with E-state index in [1.54, 1.807) is 18.4 Å². The number of hydrogen-bond acceptors (Lipinski definition) is 5. The summed E-state index contributed by atoms with van der Waals surface area (Å²) < 4.78 is 38.4. The molecule has 7 nitrogen and oxygen atoms in total. The molecule has 0 aliphatic rings. The maximum Gasteiger partial charge on any atom is 0.241 e. The van der Waals surface area contributed by atoms with Gasteiger partial charge in [-0.1, -0.05) is 13.8 Å². The molecule has 1 aromatic carbocycles. The van der Waals surface area contributed by atoms with Crippen molar-refractivity contribution in [2.45, 2.75) is 57.0 Å². The molecule has 2 aromatic rings. The average molecular weight is 423 g/mol. The normalized spacial score (nSPS) is 13.8. The molecule has 0 bridgehead atoms. The van der Waals surface area contributed by atoms with Crippen molar-refractivity contribution in [2.24, 2.45) is 5.92 Å². The highest BCUT2D eigenvalue weighted by Gasteiger charge is 2.27. The molecule has 0 aliphatic heterocycles. The van der Waals surface area contributed by atoms with Gasteiger partial charge in [0.25, 0.3) is 0 Å². The molecule has 0 saturated carbocycles. The fraction of sp³-hybridized carbons (Fsp3) is 0.476. The first-order valence-corrected chi connectivity index (χ1v) is 11.2. The maximum atomic E-state index is 12.8. The highest BCUT2D eigenvalue weighted by Crippen LogP contribution is 2.17. The second-order valence-electron chi connectivity index (χ2n) is 7.51. The van der Waals surface area contributed by atoms with Gasteiger partial charge >= 0.3 is 0 Å². The minimum atomic E-state index is -3.84. The van der Waals surface area contributed by atoms with E-state index >= 15 is 0 Å². The number of carbonyl (C=O) groups is 1. The minimum absolute atomic E-state index is 0.0886. The number of hydrogen-bond donors (Lipinski definition) is 2. The van der Waals surface area contributed by atoms with E-state index in [0.717, 1.165) is 5.76 Å². The largest absolute Gasteiger partial charge is 0.497 e. The number of amides is 1. The molecule has 1 amide bonds. The lowest BCUT2D eigenvalue weighted by molar-refractivity contribution is -0.123. The lowest BCUT2D eigenvalue weighted by Gasteiger charge is -2.22. The van der Waals surface area contributed by atoms with E-state index in [1.807, 2.05) is 32.9 Å². The van der Waals surface area contributed by atoms with Crippen LogP contribution < -0.4 is 14.8 Å². The molecule has 0 radical (unpaired) electrons. The number of aryl methyl sites for hydroxylation is 1. The molecule has 8 heteroatoms. The zero-order valence-corrected chi connectivity index (χ0v) is 18.2. The number of carbonyl (C=O) groups excluding carboxylic acids is 1. The quantitative estimate of drug-likeness (QED) is 0.580. The molecule has 29 heavy (non-hydrogen) atoms. The molecule has 2 atom stereocenters. The van der Waals surface area contributed by atoms with Crippen molar-refractivity contribution >= 4 is 15.9 Å². The summed E-state index contributed by atoms with van der Waals surface area (Å²) >= 11 is 0. The van der Waals surface area contributed by atoms with Crippen molar-refractivity contribution in [1.29, 1.82) is 0 Å². The molecule has 0 saturated heterocycles. The number of rotatable bonds is 11. The summed E-state index contributed by atoms with van der Waals surface area (Å²) in [4.78, 5) is 12.9. The second kappa shape index (κ2) is 10.5. The first-order valence-electron chi connectivity index (χ1n) is 9.70. The molecular formula is C21H30N2O5S. The van der Waals surface area contributed by atoms with E-state index in [9.17, 15) is 13.2 Å². The van der Waals surface area contributed by atoms with Gasteiger partial charge in [0.1, 0.15) is 17.6 Å². The number of sulfonamides is 1. The molecule has 0 spiro atoms. The zero-order valence-electron chi connectivity index (χ0n) is 17.3. The highest BCUT2D eigenvalue weighted by molar-refractivity contribution is 7.89. The van der Waals surface area contributed by atoms with Gasteiger partial charge in [-0.05, 0) is 62.1 Å². The Morgan fingerprint density at radius 2 is 1.83 bits per heavy atom. The second-order valence-corrected chi connectivity index (χ2v) is 9.22. The Kier molecular flexibility index (Phi) is 8.28. The van der Waals surface area contributed by atoms with Crippen LogP contribution in [0, 0.1) is 5.92 Å². The first-order chi connectivity index (χ1) is 13.7. The van der Waals surface area contributed by atoms with Crippen LogP contribution in [0.5, 0.6) is 5.75 Å². The van der Waals surface area contributed by atoms with Gasteiger partial charge in [-0.25, -0.2) is 8.42 Å². The number of benzene rings is 1. The van der Waals surface area contributed by atoms with Gasteiger partial charge in [-0.3, -0.25) is 4.79 Å². The molecule has 1 aromatic heterocycles. The van der Waals surface area contributed by atoms with Gasteiger partial charge in [-0.2, -0.15) is 4.72 Å². The third-order valence-corrected chi connectivity index (χ3v) is 5.97. The molecular weight excluding hydrogens is 392 g/mol. The van der Waals surface area contributed by atoms with Gasteiger partial charge in [0, 0.05) is 12.5 Å². The summed E-state index contributed by atoms with van der Waals surface area (Å²) in [6, 6.07) is 8.80. The van der Waals surface area contributed by atoms with Gasteiger partial charge < -0.3 is 14.5 Å². The number of methoxy groups -OCH3 is 1. The summed E-state index contributed by atoms with van der Waals surface area (Å²) in [5.41, 5.74) is 0. The molecule has 1 heterocycles. The Hall–Kier alpha value is -2.32. The Morgan fingerprint density at radius 3 is 2.38 bits per heavy atom. The maximum absolute atomic E-state index is 12.8. The van der Waals surface area contributed by atoms with Crippen molar-refractivity contribution in [3.05, 3.63) is 48.4 Å². The van der Waals surface area contributed by atoms with Crippen LogP contribution in [0.1, 0.15) is 39.4 Å². The fourth-order valence-electron chi connectivity index (χ4n) is 2.92. The van der Waals surface area contributed by atoms with Crippen molar-refractivity contribution in [3.8, 4) is 5.75 Å². The first kappa shape index (κ1) is 23.0. The van der Waals surface area contributed by atoms with E-state index in [-0.39, 0.29) is 22.8 Å². The third kappa shape index (κ3) is 7.21. The van der Waals surface area contributed by atoms with Crippen LogP contribution in [0.25, 0.3) is 0 Å². The lowest BCUT2D eigenvalue weighted by Crippen LogP contribution is -2.49. The van der Waals surface area contributed by atoms with Crippen molar-refractivity contribution in [2.75, 3.05) is 7.11 Å². The van der Waals surface area contributed by atoms with E-state index < -0.39 is 16.1 Å². The predicted octanol–water partition coefficient (Wildman–Crippen LogP) is 3.12. The van der Waals surface area contributed by atoms with E-state index in [1.165, 1.54) is 19.2 Å². The standard InChI is InChI=1S/C21H30N2O5S/c1-15(2)14-20(21(24)22-16(3)7-8-18-6-5-13-28-18)23-29(25,26)19-11-9-17(27-4)10-12-19/h5-6,9-13,15-16,20,23H,7-8,14H2,1-4H3,(H,22,24). The molecule has 0 fully saturated rings. The summed E-state index contributed by atoms with van der Waals surface area (Å²) in [6.45, 7) is 5.79. The monoisotopic (exact) mass is 422 g/mol. The van der Waals surface area contributed by atoms with Crippen LogP contribution in [-0.4, -0.2) is 33.5 Å². The predicted molar refractivity (Wildman–Crippen MR) is 111 cm³/mol. The molecule has 2 N–H and O–H groups in total. The summed E-state index contributed by atoms with van der Waals surface area (Å²) in [5, 5.41) is 2.91. The number of nitrogens with one attached hydrogen (secondary N) is 2. The Bertz CT molecular complexity index is 861. The van der Waals surface area contributed by atoms with Crippen LogP contribution in [0.4, 0.5) is 0 Å². The molecule has 2 rings (SSSR count). The summed E-state index contributed by atoms with van der Waals surface area (Å²) in [5.74, 6) is 1.22. The minimum Gasteiger partial charge on any atom is -0.497 e. The van der Waals surface area contributed by atoms with Gasteiger partial charge in [0.15, 0.2) is 0 Å². The Balaban J connectivity index is 2.03. The van der Waals surface area contributed by atoms with Gasteiger partial charge in [-0.15, -0.1) is 0 Å². The van der Waals surface area contributed by atoms with E-state index in [2.05, 4.69) is 10.0 Å².